The van der Waals surface area contributed by atoms with Crippen molar-refractivity contribution in [3.8, 4) is 0 Å². The number of carbonyl (C=O) groups excluding carboxylic acids is 2. The monoisotopic (exact) mass is 378 g/mol. The van der Waals surface area contributed by atoms with Gasteiger partial charge in [-0.05, 0) is 58.1 Å². The molecule has 1 unspecified atom stereocenters. The van der Waals surface area contributed by atoms with Crippen molar-refractivity contribution in [3.63, 3.8) is 0 Å². The second-order valence-electron chi connectivity index (χ2n) is 7.67. The Morgan fingerprint density at radius 2 is 1.85 bits per heavy atom. The highest BCUT2D eigenvalue weighted by Gasteiger charge is 2.40. The summed E-state index contributed by atoms with van der Waals surface area (Å²) in [6.07, 6.45) is 1.40. The summed E-state index contributed by atoms with van der Waals surface area (Å²) in [5.74, 6) is -0.377. The zero-order chi connectivity index (χ0) is 20.2. The lowest BCUT2D eigenvalue weighted by Crippen LogP contribution is -2.47. The lowest BCUT2D eigenvalue weighted by atomic mass is 10.0. The van der Waals surface area contributed by atoms with E-state index in [1.165, 1.54) is 24.3 Å². The van der Waals surface area contributed by atoms with Gasteiger partial charge in [-0.1, -0.05) is 6.92 Å². The van der Waals surface area contributed by atoms with Crippen LogP contribution in [0.3, 0.4) is 0 Å². The van der Waals surface area contributed by atoms with Gasteiger partial charge < -0.3 is 14.8 Å². The third-order valence-electron chi connectivity index (χ3n) is 4.18. The minimum Gasteiger partial charge on any atom is -0.456 e. The molecule has 0 bridgehead atoms. The number of rotatable bonds is 7. The molecule has 2 atom stereocenters. The van der Waals surface area contributed by atoms with Gasteiger partial charge in [0.15, 0.2) is 0 Å². The Morgan fingerprint density at radius 1 is 1.26 bits per heavy atom. The zero-order valence-electron chi connectivity index (χ0n) is 16.1. The molecule has 1 aliphatic rings. The van der Waals surface area contributed by atoms with Gasteiger partial charge in [-0.15, -0.1) is 0 Å². The third kappa shape index (κ3) is 6.23. The Kier molecular flexibility index (Phi) is 6.41. The van der Waals surface area contributed by atoms with Gasteiger partial charge in [-0.2, -0.15) is 0 Å². The van der Waals surface area contributed by atoms with Gasteiger partial charge in [0, 0.05) is 12.1 Å². The molecule has 2 rings (SSSR count). The predicted molar refractivity (Wildman–Crippen MR) is 98.5 cm³/mol. The van der Waals surface area contributed by atoms with Gasteiger partial charge in [-0.25, -0.2) is 9.59 Å². The van der Waals surface area contributed by atoms with Gasteiger partial charge >= 0.3 is 12.1 Å². The molecule has 8 heteroatoms. The molecule has 1 amide bonds. The molecule has 0 aromatic heterocycles. The summed E-state index contributed by atoms with van der Waals surface area (Å²) in [7, 11) is 0. The Balaban J connectivity index is 2.05. The van der Waals surface area contributed by atoms with E-state index < -0.39 is 28.7 Å². The summed E-state index contributed by atoms with van der Waals surface area (Å²) in [5.41, 5.74) is -0.478. The van der Waals surface area contributed by atoms with Gasteiger partial charge in [0.1, 0.15) is 11.7 Å². The number of alkyl carbamates (subject to hydrolysis) is 1. The van der Waals surface area contributed by atoms with E-state index in [-0.39, 0.29) is 23.2 Å². The number of carbonyl (C=O) groups is 2. The quantitative estimate of drug-likeness (QED) is 0.439. The fourth-order valence-electron chi connectivity index (χ4n) is 2.72. The summed E-state index contributed by atoms with van der Waals surface area (Å²) < 4.78 is 11.0. The van der Waals surface area contributed by atoms with E-state index in [4.69, 9.17) is 9.47 Å². The van der Waals surface area contributed by atoms with Crippen molar-refractivity contribution < 1.29 is 24.0 Å². The maximum absolute atomic E-state index is 12.5. The van der Waals surface area contributed by atoms with E-state index in [0.717, 1.165) is 12.8 Å². The maximum atomic E-state index is 12.5. The molecule has 8 nitrogen and oxygen atoms in total. The number of nitro benzene ring substituents is 1. The van der Waals surface area contributed by atoms with Crippen molar-refractivity contribution in [1.82, 2.24) is 5.32 Å². The van der Waals surface area contributed by atoms with Crippen molar-refractivity contribution in [2.24, 2.45) is 5.92 Å². The molecule has 27 heavy (non-hydrogen) atoms. The average Bonchev–Trinajstić information content (AvgIpc) is 3.41. The predicted octanol–water partition coefficient (Wildman–Crippen LogP) is 3.83. The minimum absolute atomic E-state index is 0.0941. The molecule has 148 valence electrons. The Morgan fingerprint density at radius 3 is 2.30 bits per heavy atom. The first-order valence-electron chi connectivity index (χ1n) is 9.05. The summed E-state index contributed by atoms with van der Waals surface area (Å²) in [4.78, 5) is 34.8. The summed E-state index contributed by atoms with van der Waals surface area (Å²) >= 11 is 0. The average molecular weight is 378 g/mol. The number of esters is 1. The third-order valence-corrected chi connectivity index (χ3v) is 4.18. The van der Waals surface area contributed by atoms with Crippen molar-refractivity contribution in [2.75, 3.05) is 0 Å². The molecule has 1 aromatic rings. The fraction of sp³-hybridized carbons (Fsp3) is 0.579. The van der Waals surface area contributed by atoms with Crippen LogP contribution in [-0.2, 0) is 9.47 Å². The van der Waals surface area contributed by atoms with Crippen LogP contribution in [0, 0.1) is 16.0 Å². The molecule has 0 radical (unpaired) electrons. The number of non-ortho nitro benzene ring substituents is 1. The smallest absolute Gasteiger partial charge is 0.408 e. The van der Waals surface area contributed by atoms with Gasteiger partial charge in [0.05, 0.1) is 16.5 Å². The molecule has 1 saturated carbocycles. The van der Waals surface area contributed by atoms with Crippen molar-refractivity contribution in [2.45, 2.75) is 64.7 Å². The Bertz CT molecular complexity index is 691. The fourth-order valence-corrected chi connectivity index (χ4v) is 2.72. The molecule has 1 aromatic carbocycles. The van der Waals surface area contributed by atoms with Crippen LogP contribution in [0.1, 0.15) is 57.3 Å². The topological polar surface area (TPSA) is 108 Å². The SMILES string of the molecule is CC[C@H](NC(=O)OC(C)(C)C)C(OC(=O)c1ccc([N+](=O)[O-])cc1)C1CC1. The van der Waals surface area contributed by atoms with Crippen LogP contribution in [0.2, 0.25) is 0 Å². The second-order valence-corrected chi connectivity index (χ2v) is 7.67. The molecule has 0 aliphatic heterocycles. The normalized spacial score (nSPS) is 16.1. The van der Waals surface area contributed by atoms with Crippen LogP contribution in [-0.4, -0.2) is 34.7 Å². The summed E-state index contributed by atoms with van der Waals surface area (Å²) in [5, 5.41) is 13.5. The van der Waals surface area contributed by atoms with Crippen LogP contribution >= 0.6 is 0 Å². The first kappa shape index (κ1) is 20.7. The molecule has 1 N–H and O–H groups in total. The molecule has 0 spiro atoms. The standard InChI is InChI=1S/C19H26N2O6/c1-5-15(20-18(23)27-19(2,3)4)16(12-6-7-12)26-17(22)13-8-10-14(11-9-13)21(24)25/h8-12,15-16H,5-7H2,1-4H3,(H,20,23)/t15-,16?/m0/s1. The number of nitrogens with one attached hydrogen (secondary N) is 1. The number of nitrogens with zero attached hydrogens (tertiary/aromatic N) is 1. The number of nitro groups is 1. The lowest BCUT2D eigenvalue weighted by molar-refractivity contribution is -0.384. The van der Waals surface area contributed by atoms with E-state index >= 15 is 0 Å². The first-order valence-corrected chi connectivity index (χ1v) is 9.05. The van der Waals surface area contributed by atoms with Gasteiger partial charge in [0.25, 0.3) is 5.69 Å². The number of benzene rings is 1. The second kappa shape index (κ2) is 8.37. The molecule has 0 heterocycles. The highest BCUT2D eigenvalue weighted by atomic mass is 16.6. The Labute approximate surface area is 158 Å². The highest BCUT2D eigenvalue weighted by Crippen LogP contribution is 2.37. The van der Waals surface area contributed by atoms with Crippen molar-refractivity contribution >= 4 is 17.7 Å². The van der Waals surface area contributed by atoms with E-state index in [9.17, 15) is 19.7 Å². The summed E-state index contributed by atoms with van der Waals surface area (Å²) in [6.45, 7) is 7.23. The number of amides is 1. The van der Waals surface area contributed by atoms with E-state index in [0.29, 0.717) is 6.42 Å². The van der Waals surface area contributed by atoms with E-state index in [2.05, 4.69) is 5.32 Å². The summed E-state index contributed by atoms with van der Waals surface area (Å²) in [6, 6.07) is 4.89. The molecule has 1 fully saturated rings. The van der Waals surface area contributed by atoms with Crippen LogP contribution in [0.4, 0.5) is 10.5 Å². The number of hydrogen-bond donors (Lipinski definition) is 1. The van der Waals surface area contributed by atoms with E-state index in [1.807, 2.05) is 6.92 Å². The number of hydrogen-bond acceptors (Lipinski definition) is 6. The maximum Gasteiger partial charge on any atom is 0.408 e. The minimum atomic E-state index is -0.618. The van der Waals surface area contributed by atoms with E-state index in [1.54, 1.807) is 20.8 Å². The zero-order valence-corrected chi connectivity index (χ0v) is 16.1. The van der Waals surface area contributed by atoms with Crippen molar-refractivity contribution in [3.05, 3.63) is 39.9 Å². The first-order chi connectivity index (χ1) is 12.6. The van der Waals surface area contributed by atoms with Crippen LogP contribution in [0.5, 0.6) is 0 Å². The van der Waals surface area contributed by atoms with Gasteiger partial charge in [0.2, 0.25) is 0 Å². The molecular weight excluding hydrogens is 352 g/mol. The van der Waals surface area contributed by atoms with Crippen LogP contribution in [0.25, 0.3) is 0 Å². The van der Waals surface area contributed by atoms with Crippen LogP contribution < -0.4 is 5.32 Å². The van der Waals surface area contributed by atoms with Crippen LogP contribution in [0.15, 0.2) is 24.3 Å². The Hall–Kier alpha value is -2.64. The lowest BCUT2D eigenvalue weighted by Gasteiger charge is -2.28. The molecular formula is C19H26N2O6. The molecule has 1 aliphatic carbocycles. The molecule has 0 saturated heterocycles. The largest absolute Gasteiger partial charge is 0.456 e. The number of ether oxygens (including phenoxy) is 2. The van der Waals surface area contributed by atoms with Crippen molar-refractivity contribution in [1.29, 1.82) is 0 Å². The van der Waals surface area contributed by atoms with Gasteiger partial charge in [-0.3, -0.25) is 10.1 Å². The highest BCUT2D eigenvalue weighted by molar-refractivity contribution is 5.89.